The summed E-state index contributed by atoms with van der Waals surface area (Å²) in [5.41, 5.74) is 5.97. The number of hydrogen-bond donors (Lipinski definition) is 1. The predicted octanol–water partition coefficient (Wildman–Crippen LogP) is 1.81. The predicted molar refractivity (Wildman–Crippen MR) is 75.9 cm³/mol. The van der Waals surface area contributed by atoms with Crippen LogP contribution in [0.2, 0.25) is 0 Å². The fourth-order valence-corrected chi connectivity index (χ4v) is 1.96. The van der Waals surface area contributed by atoms with E-state index >= 15 is 0 Å². The van der Waals surface area contributed by atoms with Crippen LogP contribution in [-0.4, -0.2) is 43.2 Å². The normalized spacial score (nSPS) is 20.6. The van der Waals surface area contributed by atoms with Gasteiger partial charge in [0.2, 0.25) is 5.91 Å². The summed E-state index contributed by atoms with van der Waals surface area (Å²) in [6, 6.07) is 0.174. The zero-order chi connectivity index (χ0) is 12.8. The van der Waals surface area contributed by atoms with E-state index < -0.39 is 0 Å². The van der Waals surface area contributed by atoms with Crippen LogP contribution in [-0.2, 0) is 9.53 Å². The fraction of sp³-hybridized carbons (Fsp3) is 0.923. The molecule has 2 N–H and O–H groups in total. The quantitative estimate of drug-likeness (QED) is 0.806. The molecule has 0 aromatic carbocycles. The Hall–Kier alpha value is -0.320. The van der Waals surface area contributed by atoms with Gasteiger partial charge in [-0.25, -0.2) is 0 Å². The molecule has 0 aliphatic carbocycles. The molecule has 1 amide bonds. The molecule has 1 fully saturated rings. The topological polar surface area (TPSA) is 55.6 Å². The maximum Gasteiger partial charge on any atom is 0.224 e. The zero-order valence-electron chi connectivity index (χ0n) is 11.7. The van der Waals surface area contributed by atoms with Crippen molar-refractivity contribution in [2.45, 2.75) is 51.7 Å². The van der Waals surface area contributed by atoms with E-state index in [4.69, 9.17) is 10.5 Å². The van der Waals surface area contributed by atoms with Gasteiger partial charge in [0.1, 0.15) is 0 Å². The number of nitrogens with two attached hydrogens (primary N) is 1. The minimum atomic E-state index is 0. The molecule has 1 rings (SSSR count). The molecular formula is C13H27ClN2O2. The summed E-state index contributed by atoms with van der Waals surface area (Å²) >= 11 is 0. The number of halogens is 1. The Bertz CT molecular complexity index is 243. The highest BCUT2D eigenvalue weighted by Crippen LogP contribution is 2.16. The van der Waals surface area contributed by atoms with Gasteiger partial charge < -0.3 is 15.4 Å². The lowest BCUT2D eigenvalue weighted by Crippen LogP contribution is -2.35. The number of amides is 1. The van der Waals surface area contributed by atoms with Crippen LogP contribution in [0.5, 0.6) is 0 Å². The van der Waals surface area contributed by atoms with Gasteiger partial charge in [-0.05, 0) is 25.2 Å². The number of ether oxygens (including phenoxy) is 1. The fourth-order valence-electron chi connectivity index (χ4n) is 1.96. The van der Waals surface area contributed by atoms with Crippen molar-refractivity contribution in [2.24, 2.45) is 11.7 Å². The molecule has 0 spiro atoms. The van der Waals surface area contributed by atoms with Crippen molar-refractivity contribution in [3.8, 4) is 0 Å². The molecule has 4 nitrogen and oxygen atoms in total. The third-order valence-electron chi connectivity index (χ3n) is 3.51. The van der Waals surface area contributed by atoms with E-state index in [1.807, 2.05) is 7.05 Å². The van der Waals surface area contributed by atoms with Gasteiger partial charge in [-0.1, -0.05) is 13.8 Å². The van der Waals surface area contributed by atoms with E-state index in [2.05, 4.69) is 13.8 Å². The first-order valence-electron chi connectivity index (χ1n) is 6.62. The second kappa shape index (κ2) is 8.73. The number of carbonyl (C=O) groups is 1. The van der Waals surface area contributed by atoms with Crippen molar-refractivity contribution in [3.63, 3.8) is 0 Å². The van der Waals surface area contributed by atoms with Crippen molar-refractivity contribution < 1.29 is 9.53 Å². The van der Waals surface area contributed by atoms with Crippen LogP contribution in [0.3, 0.4) is 0 Å². The molecule has 2 unspecified atom stereocenters. The highest BCUT2D eigenvalue weighted by atomic mass is 35.5. The first-order valence-corrected chi connectivity index (χ1v) is 6.62. The lowest BCUT2D eigenvalue weighted by atomic mass is 10.0. The van der Waals surface area contributed by atoms with Gasteiger partial charge in [-0.2, -0.15) is 0 Å². The van der Waals surface area contributed by atoms with Crippen molar-refractivity contribution >= 4 is 18.3 Å². The minimum Gasteiger partial charge on any atom is -0.378 e. The molecule has 1 aliphatic heterocycles. The van der Waals surface area contributed by atoms with Crippen LogP contribution in [0.4, 0.5) is 0 Å². The first kappa shape index (κ1) is 17.7. The molecule has 1 aliphatic rings. The van der Waals surface area contributed by atoms with Gasteiger partial charge in [-0.3, -0.25) is 4.79 Å². The molecule has 0 radical (unpaired) electrons. The van der Waals surface area contributed by atoms with E-state index in [-0.39, 0.29) is 30.5 Å². The van der Waals surface area contributed by atoms with E-state index in [9.17, 15) is 4.79 Å². The Balaban J connectivity index is 0.00000289. The van der Waals surface area contributed by atoms with E-state index in [1.54, 1.807) is 4.90 Å². The summed E-state index contributed by atoms with van der Waals surface area (Å²) in [4.78, 5) is 13.7. The summed E-state index contributed by atoms with van der Waals surface area (Å²) in [5, 5.41) is 0. The summed E-state index contributed by atoms with van der Waals surface area (Å²) in [6.45, 7) is 5.77. The van der Waals surface area contributed by atoms with E-state index in [0.29, 0.717) is 12.3 Å². The van der Waals surface area contributed by atoms with Gasteiger partial charge in [0, 0.05) is 26.2 Å². The van der Waals surface area contributed by atoms with E-state index in [1.165, 1.54) is 0 Å². The van der Waals surface area contributed by atoms with Crippen LogP contribution in [0.15, 0.2) is 0 Å². The van der Waals surface area contributed by atoms with Crippen LogP contribution in [0.1, 0.15) is 39.5 Å². The number of hydrogen-bond acceptors (Lipinski definition) is 3. The molecule has 0 aromatic rings. The monoisotopic (exact) mass is 278 g/mol. The van der Waals surface area contributed by atoms with Crippen LogP contribution < -0.4 is 5.73 Å². The van der Waals surface area contributed by atoms with Crippen molar-refractivity contribution in [2.75, 3.05) is 20.2 Å². The first-order chi connectivity index (χ1) is 8.00. The molecule has 0 aromatic heterocycles. The summed E-state index contributed by atoms with van der Waals surface area (Å²) in [6.07, 6.45) is 3.63. The molecular weight excluding hydrogens is 252 g/mol. The van der Waals surface area contributed by atoms with Gasteiger partial charge in [-0.15, -0.1) is 12.4 Å². The molecule has 1 saturated heterocycles. The summed E-state index contributed by atoms with van der Waals surface area (Å²) in [7, 11) is 1.85. The maximum atomic E-state index is 11.9. The van der Waals surface area contributed by atoms with Crippen LogP contribution >= 0.6 is 12.4 Å². The Morgan fingerprint density at radius 1 is 1.50 bits per heavy atom. The molecule has 0 bridgehead atoms. The average Bonchev–Trinajstić information content (AvgIpc) is 2.77. The number of carbonyl (C=O) groups excluding carboxylic acids is 1. The molecule has 2 atom stereocenters. The van der Waals surface area contributed by atoms with Crippen LogP contribution in [0, 0.1) is 5.92 Å². The summed E-state index contributed by atoms with van der Waals surface area (Å²) in [5.74, 6) is 0.643. The van der Waals surface area contributed by atoms with Gasteiger partial charge in [0.25, 0.3) is 0 Å². The third kappa shape index (κ3) is 6.03. The Labute approximate surface area is 117 Å². The number of rotatable bonds is 6. The lowest BCUT2D eigenvalue weighted by Gasteiger charge is -2.22. The van der Waals surface area contributed by atoms with Gasteiger partial charge >= 0.3 is 0 Å². The largest absolute Gasteiger partial charge is 0.378 e. The molecule has 1 heterocycles. The summed E-state index contributed by atoms with van der Waals surface area (Å²) < 4.78 is 5.47. The molecule has 5 heteroatoms. The Morgan fingerprint density at radius 3 is 2.67 bits per heavy atom. The molecule has 18 heavy (non-hydrogen) atoms. The van der Waals surface area contributed by atoms with Crippen molar-refractivity contribution in [1.29, 1.82) is 0 Å². The van der Waals surface area contributed by atoms with E-state index in [0.717, 1.165) is 32.4 Å². The highest BCUT2D eigenvalue weighted by Gasteiger charge is 2.21. The van der Waals surface area contributed by atoms with Crippen molar-refractivity contribution in [1.82, 2.24) is 4.90 Å². The van der Waals surface area contributed by atoms with Gasteiger partial charge in [0.15, 0.2) is 0 Å². The SMILES string of the molecule is CC(C)C(N)CCN(C)C(=O)CC1CCCO1.Cl. The van der Waals surface area contributed by atoms with Crippen molar-refractivity contribution in [3.05, 3.63) is 0 Å². The number of nitrogens with zero attached hydrogens (tertiary/aromatic N) is 1. The molecule has 0 saturated carbocycles. The smallest absolute Gasteiger partial charge is 0.224 e. The van der Waals surface area contributed by atoms with Crippen LogP contribution in [0.25, 0.3) is 0 Å². The standard InChI is InChI=1S/C13H26N2O2.ClH/c1-10(2)12(14)6-7-15(3)13(16)9-11-5-4-8-17-11;/h10-12H,4-9,14H2,1-3H3;1H. The minimum absolute atomic E-state index is 0. The average molecular weight is 279 g/mol. The highest BCUT2D eigenvalue weighted by molar-refractivity contribution is 5.85. The molecule has 108 valence electrons. The van der Waals surface area contributed by atoms with Gasteiger partial charge in [0.05, 0.1) is 12.5 Å². The third-order valence-corrected chi connectivity index (χ3v) is 3.51. The second-order valence-corrected chi connectivity index (χ2v) is 5.35. The Morgan fingerprint density at radius 2 is 2.17 bits per heavy atom. The zero-order valence-corrected chi connectivity index (χ0v) is 12.5. The lowest BCUT2D eigenvalue weighted by molar-refractivity contribution is -0.132. The maximum absolute atomic E-state index is 11.9. The second-order valence-electron chi connectivity index (χ2n) is 5.35. The Kier molecular flexibility index (Phi) is 8.57.